The molecule has 3 N–H and O–H groups in total. The number of ether oxygens (including phenoxy) is 3. The molecule has 1 heterocycles. The van der Waals surface area contributed by atoms with Gasteiger partial charge in [-0.15, -0.1) is 11.3 Å². The van der Waals surface area contributed by atoms with Gasteiger partial charge in [0.15, 0.2) is 11.5 Å². The van der Waals surface area contributed by atoms with Crippen LogP contribution in [0.15, 0.2) is 42.5 Å². The van der Waals surface area contributed by atoms with Crippen LogP contribution in [0.25, 0.3) is 0 Å². The smallest absolute Gasteiger partial charge is 0.256 e. The predicted octanol–water partition coefficient (Wildman–Crippen LogP) is 4.02. The highest BCUT2D eigenvalue weighted by Crippen LogP contribution is 2.39. The number of methoxy groups -OCH3 is 3. The van der Waals surface area contributed by atoms with Crippen molar-refractivity contribution in [2.24, 2.45) is 5.73 Å². The summed E-state index contributed by atoms with van der Waals surface area (Å²) in [6.45, 7) is 1.84. The Morgan fingerprint density at radius 1 is 1.00 bits per heavy atom. The van der Waals surface area contributed by atoms with Crippen molar-refractivity contribution in [1.29, 1.82) is 0 Å². The molecular weight excluding hydrogens is 416 g/mol. The molecule has 0 aliphatic carbocycles. The molecular formula is C23H24N2O5S. The number of nitrogens with one attached hydrogen (secondary N) is 1. The van der Waals surface area contributed by atoms with Crippen LogP contribution in [0.2, 0.25) is 0 Å². The maximum atomic E-state index is 13.0. The number of benzene rings is 2. The van der Waals surface area contributed by atoms with Gasteiger partial charge in [0.05, 0.1) is 26.9 Å². The van der Waals surface area contributed by atoms with Gasteiger partial charge < -0.3 is 25.3 Å². The fraction of sp³-hybridized carbons (Fsp3) is 0.217. The fourth-order valence-corrected chi connectivity index (χ4v) is 4.52. The van der Waals surface area contributed by atoms with Crippen LogP contribution in [0.4, 0.5) is 5.00 Å². The summed E-state index contributed by atoms with van der Waals surface area (Å²) in [5, 5.41) is 3.23. The second kappa shape index (κ2) is 9.53. The van der Waals surface area contributed by atoms with Crippen molar-refractivity contribution in [1.82, 2.24) is 0 Å². The largest absolute Gasteiger partial charge is 0.493 e. The molecule has 0 aliphatic rings. The van der Waals surface area contributed by atoms with Gasteiger partial charge in [-0.1, -0.05) is 30.3 Å². The number of amides is 2. The molecule has 0 aliphatic heterocycles. The van der Waals surface area contributed by atoms with Crippen molar-refractivity contribution in [3.05, 3.63) is 69.6 Å². The van der Waals surface area contributed by atoms with Gasteiger partial charge in [-0.2, -0.15) is 0 Å². The first-order chi connectivity index (χ1) is 14.9. The minimum atomic E-state index is -0.590. The Balaban J connectivity index is 1.96. The van der Waals surface area contributed by atoms with E-state index in [-0.39, 0.29) is 0 Å². The Labute approximate surface area is 184 Å². The number of nitrogens with two attached hydrogens (primary N) is 1. The molecule has 1 aromatic heterocycles. The zero-order chi connectivity index (χ0) is 22.5. The van der Waals surface area contributed by atoms with Gasteiger partial charge >= 0.3 is 0 Å². The van der Waals surface area contributed by atoms with Crippen LogP contribution in [-0.4, -0.2) is 33.1 Å². The Morgan fingerprint density at radius 3 is 2.13 bits per heavy atom. The monoisotopic (exact) mass is 440 g/mol. The number of anilines is 1. The lowest BCUT2D eigenvalue weighted by Gasteiger charge is -2.14. The first-order valence-corrected chi connectivity index (χ1v) is 10.3. The number of hydrogen-bond donors (Lipinski definition) is 2. The topological polar surface area (TPSA) is 99.9 Å². The Kier molecular flexibility index (Phi) is 6.81. The van der Waals surface area contributed by atoms with E-state index in [0.29, 0.717) is 39.8 Å². The summed E-state index contributed by atoms with van der Waals surface area (Å²) in [4.78, 5) is 26.1. The first-order valence-electron chi connectivity index (χ1n) is 9.46. The normalized spacial score (nSPS) is 10.5. The van der Waals surface area contributed by atoms with E-state index in [4.69, 9.17) is 19.9 Å². The molecule has 0 atom stereocenters. The Bertz CT molecular complexity index is 1080. The zero-order valence-electron chi connectivity index (χ0n) is 17.8. The van der Waals surface area contributed by atoms with E-state index in [0.717, 1.165) is 16.0 Å². The van der Waals surface area contributed by atoms with Gasteiger partial charge in [0, 0.05) is 16.9 Å². The molecule has 0 unspecified atom stereocenters. The predicted molar refractivity (Wildman–Crippen MR) is 121 cm³/mol. The van der Waals surface area contributed by atoms with Crippen molar-refractivity contribution < 1.29 is 23.8 Å². The minimum Gasteiger partial charge on any atom is -0.493 e. The fourth-order valence-electron chi connectivity index (χ4n) is 3.28. The van der Waals surface area contributed by atoms with Crippen molar-refractivity contribution in [2.75, 3.05) is 26.6 Å². The van der Waals surface area contributed by atoms with E-state index in [1.54, 1.807) is 12.1 Å². The number of thiophene rings is 1. The number of hydrogen-bond acceptors (Lipinski definition) is 6. The molecule has 0 saturated carbocycles. The van der Waals surface area contributed by atoms with Crippen molar-refractivity contribution in [2.45, 2.75) is 13.3 Å². The molecule has 8 heteroatoms. The van der Waals surface area contributed by atoms with Crippen LogP contribution >= 0.6 is 11.3 Å². The standard InChI is InChI=1S/C23H24N2O5S/c1-13-18(10-14-8-6-5-7-9-14)31-23(19(13)21(24)26)25-22(27)15-11-16(28-2)20(30-4)17(12-15)29-3/h5-9,11-12H,10H2,1-4H3,(H2,24,26)(H,25,27). The molecule has 0 bridgehead atoms. The Morgan fingerprint density at radius 2 is 1.61 bits per heavy atom. The van der Waals surface area contributed by atoms with Crippen LogP contribution in [0, 0.1) is 6.92 Å². The van der Waals surface area contributed by atoms with E-state index in [2.05, 4.69) is 5.32 Å². The lowest BCUT2D eigenvalue weighted by Crippen LogP contribution is -2.17. The summed E-state index contributed by atoms with van der Waals surface area (Å²) in [6, 6.07) is 13.0. The second-order valence-electron chi connectivity index (χ2n) is 6.75. The SMILES string of the molecule is COc1cc(C(=O)Nc2sc(Cc3ccccc3)c(C)c2C(N)=O)cc(OC)c1OC. The van der Waals surface area contributed by atoms with Crippen molar-refractivity contribution in [3.63, 3.8) is 0 Å². The number of carbonyl (C=O) groups is 2. The van der Waals surface area contributed by atoms with Gasteiger partial charge in [-0.3, -0.25) is 9.59 Å². The van der Waals surface area contributed by atoms with Gasteiger partial charge in [-0.25, -0.2) is 0 Å². The van der Waals surface area contributed by atoms with Gasteiger partial charge in [0.2, 0.25) is 5.75 Å². The number of carbonyl (C=O) groups excluding carboxylic acids is 2. The zero-order valence-corrected chi connectivity index (χ0v) is 18.6. The lowest BCUT2D eigenvalue weighted by atomic mass is 10.1. The molecule has 0 spiro atoms. The number of rotatable bonds is 8. The van der Waals surface area contributed by atoms with Crippen LogP contribution < -0.4 is 25.3 Å². The molecule has 31 heavy (non-hydrogen) atoms. The van der Waals surface area contributed by atoms with E-state index in [1.807, 2.05) is 37.3 Å². The average Bonchev–Trinajstić information content (AvgIpc) is 3.07. The highest BCUT2D eigenvalue weighted by Gasteiger charge is 2.23. The third-order valence-corrected chi connectivity index (χ3v) is 6.06. The average molecular weight is 441 g/mol. The maximum absolute atomic E-state index is 13.0. The third kappa shape index (κ3) is 4.64. The molecule has 0 saturated heterocycles. The number of primary amides is 1. The highest BCUT2D eigenvalue weighted by atomic mass is 32.1. The lowest BCUT2D eigenvalue weighted by molar-refractivity contribution is 0.100. The molecule has 162 valence electrons. The quantitative estimate of drug-likeness (QED) is 0.551. The molecule has 2 aromatic carbocycles. The molecule has 2 amide bonds. The van der Waals surface area contributed by atoms with Gasteiger partial charge in [0.25, 0.3) is 11.8 Å². The highest BCUT2D eigenvalue weighted by molar-refractivity contribution is 7.17. The van der Waals surface area contributed by atoms with Crippen LogP contribution in [0.3, 0.4) is 0 Å². The van der Waals surface area contributed by atoms with Crippen molar-refractivity contribution >= 4 is 28.2 Å². The second-order valence-corrected chi connectivity index (χ2v) is 7.85. The summed E-state index contributed by atoms with van der Waals surface area (Å²) in [5.41, 5.74) is 8.10. The molecule has 7 nitrogen and oxygen atoms in total. The summed E-state index contributed by atoms with van der Waals surface area (Å²) < 4.78 is 15.9. The molecule has 3 aromatic rings. The van der Waals surface area contributed by atoms with E-state index >= 15 is 0 Å². The first kappa shape index (κ1) is 22.2. The summed E-state index contributed by atoms with van der Waals surface area (Å²) >= 11 is 1.34. The van der Waals surface area contributed by atoms with Gasteiger partial charge in [-0.05, 0) is 30.2 Å². The van der Waals surface area contributed by atoms with Crippen LogP contribution in [-0.2, 0) is 6.42 Å². The Hall–Kier alpha value is -3.52. The van der Waals surface area contributed by atoms with Crippen molar-refractivity contribution in [3.8, 4) is 17.2 Å². The molecule has 0 fully saturated rings. The van der Waals surface area contributed by atoms with Crippen LogP contribution in [0.1, 0.15) is 36.7 Å². The molecule has 3 rings (SSSR count). The maximum Gasteiger partial charge on any atom is 0.256 e. The van der Waals surface area contributed by atoms with E-state index < -0.39 is 11.8 Å². The van der Waals surface area contributed by atoms with Gasteiger partial charge in [0.1, 0.15) is 5.00 Å². The minimum absolute atomic E-state index is 0.292. The summed E-state index contributed by atoms with van der Waals surface area (Å²) in [6.07, 6.45) is 0.637. The molecule has 0 radical (unpaired) electrons. The van der Waals surface area contributed by atoms with Crippen LogP contribution in [0.5, 0.6) is 17.2 Å². The van der Waals surface area contributed by atoms with E-state index in [1.165, 1.54) is 32.7 Å². The third-order valence-electron chi connectivity index (χ3n) is 4.85. The summed E-state index contributed by atoms with van der Waals surface area (Å²) in [7, 11) is 4.44. The van der Waals surface area contributed by atoms with E-state index in [9.17, 15) is 9.59 Å². The summed E-state index contributed by atoms with van der Waals surface area (Å²) in [5.74, 6) is 0.0857.